The van der Waals surface area contributed by atoms with Crippen LogP contribution in [0, 0.1) is 0 Å². The predicted octanol–water partition coefficient (Wildman–Crippen LogP) is 3.52. The highest BCUT2D eigenvalue weighted by Crippen LogP contribution is 2.21. The molecule has 0 heterocycles. The summed E-state index contributed by atoms with van der Waals surface area (Å²) in [6, 6.07) is 4.87. The molecule has 0 aromatic heterocycles. The van der Waals surface area contributed by atoms with Crippen molar-refractivity contribution in [1.82, 2.24) is 4.90 Å². The van der Waals surface area contributed by atoms with E-state index in [0.717, 1.165) is 4.90 Å². The number of nitrogens with zero attached hydrogens (tertiary/aromatic N) is 1. The summed E-state index contributed by atoms with van der Waals surface area (Å²) in [5, 5.41) is 0. The Morgan fingerprint density at radius 1 is 0.958 bits per heavy atom. The minimum absolute atomic E-state index is 0.0965. The number of ether oxygens (including phenoxy) is 2. The molecule has 1 aromatic rings. The lowest BCUT2D eigenvalue weighted by Gasteiger charge is -2.29. The molecule has 0 spiro atoms. The monoisotopic (exact) mass is 337 g/mol. The van der Waals surface area contributed by atoms with E-state index in [0.29, 0.717) is 16.9 Å². The minimum Gasteiger partial charge on any atom is -0.443 e. The molecule has 0 saturated heterocycles. The number of benzene rings is 1. The Hall–Kier alpha value is -2.44. The lowest BCUT2D eigenvalue weighted by atomic mass is 10.1. The van der Waals surface area contributed by atoms with Gasteiger partial charge in [0, 0.05) is 11.4 Å². The van der Waals surface area contributed by atoms with Crippen molar-refractivity contribution in [3.63, 3.8) is 0 Å². The van der Waals surface area contributed by atoms with Gasteiger partial charge in [-0.05, 0) is 65.3 Å². The summed E-state index contributed by atoms with van der Waals surface area (Å²) in [5.74, 6) is 0. The third-order valence-electron chi connectivity index (χ3n) is 2.72. The number of imide groups is 1. The Morgan fingerprint density at radius 3 is 1.83 bits per heavy atom. The van der Waals surface area contributed by atoms with Gasteiger partial charge in [0.15, 0.2) is 0 Å². The fourth-order valence-electron chi connectivity index (χ4n) is 1.77. The SMILES string of the molecule is CC(C)(C)OC(=O)N(Cc1cc(N)ccc1N)C(=O)OC(C)(C)C. The van der Waals surface area contributed by atoms with Crippen LogP contribution in [0.15, 0.2) is 18.2 Å². The first-order chi connectivity index (χ1) is 10.8. The van der Waals surface area contributed by atoms with E-state index in [2.05, 4.69) is 0 Å². The van der Waals surface area contributed by atoms with Gasteiger partial charge >= 0.3 is 12.2 Å². The van der Waals surface area contributed by atoms with Crippen molar-refractivity contribution >= 4 is 23.6 Å². The zero-order valence-electron chi connectivity index (χ0n) is 15.2. The van der Waals surface area contributed by atoms with Gasteiger partial charge in [-0.15, -0.1) is 0 Å². The first-order valence-corrected chi connectivity index (χ1v) is 7.66. The van der Waals surface area contributed by atoms with Crippen LogP contribution in [0.4, 0.5) is 21.0 Å². The number of carbonyl (C=O) groups is 2. The molecule has 24 heavy (non-hydrogen) atoms. The maximum atomic E-state index is 12.4. The molecule has 0 bridgehead atoms. The Kier molecular flexibility index (Phi) is 5.71. The Bertz CT molecular complexity index is 587. The molecular weight excluding hydrogens is 310 g/mol. The molecular formula is C17H27N3O4. The van der Waals surface area contributed by atoms with Crippen molar-refractivity contribution in [1.29, 1.82) is 0 Å². The maximum Gasteiger partial charge on any atom is 0.420 e. The fourth-order valence-corrected chi connectivity index (χ4v) is 1.77. The second-order valence-electron chi connectivity index (χ2n) is 7.51. The molecule has 0 radical (unpaired) electrons. The van der Waals surface area contributed by atoms with Crippen LogP contribution in [0.25, 0.3) is 0 Å². The maximum absolute atomic E-state index is 12.4. The molecule has 0 saturated carbocycles. The third kappa shape index (κ3) is 6.36. The molecule has 134 valence electrons. The molecule has 1 rings (SSSR count). The summed E-state index contributed by atoms with van der Waals surface area (Å²) in [6.45, 7) is 10.2. The van der Waals surface area contributed by atoms with Crippen LogP contribution in [0.3, 0.4) is 0 Å². The van der Waals surface area contributed by atoms with Crippen molar-refractivity contribution in [3.05, 3.63) is 23.8 Å². The van der Waals surface area contributed by atoms with Crippen LogP contribution in [-0.4, -0.2) is 28.3 Å². The average molecular weight is 337 g/mol. The molecule has 4 N–H and O–H groups in total. The van der Waals surface area contributed by atoms with E-state index >= 15 is 0 Å². The van der Waals surface area contributed by atoms with E-state index in [9.17, 15) is 9.59 Å². The average Bonchev–Trinajstić information content (AvgIpc) is 2.35. The summed E-state index contributed by atoms with van der Waals surface area (Å²) in [6.07, 6.45) is -1.61. The number of hydrogen-bond donors (Lipinski definition) is 2. The minimum atomic E-state index is -0.807. The number of amides is 2. The topological polar surface area (TPSA) is 108 Å². The van der Waals surface area contributed by atoms with Gasteiger partial charge in [-0.3, -0.25) is 0 Å². The summed E-state index contributed by atoms with van der Waals surface area (Å²) in [5.41, 5.74) is 11.6. The van der Waals surface area contributed by atoms with Crippen molar-refractivity contribution in [2.24, 2.45) is 0 Å². The smallest absolute Gasteiger partial charge is 0.420 e. The van der Waals surface area contributed by atoms with Crippen LogP contribution >= 0.6 is 0 Å². The number of nitrogens with two attached hydrogens (primary N) is 2. The molecule has 7 heteroatoms. The van der Waals surface area contributed by atoms with E-state index in [1.807, 2.05) is 0 Å². The van der Waals surface area contributed by atoms with Crippen LogP contribution in [0.2, 0.25) is 0 Å². The van der Waals surface area contributed by atoms with E-state index in [1.165, 1.54) is 0 Å². The van der Waals surface area contributed by atoms with Crippen molar-refractivity contribution < 1.29 is 19.1 Å². The zero-order valence-corrected chi connectivity index (χ0v) is 15.2. The van der Waals surface area contributed by atoms with Gasteiger partial charge < -0.3 is 20.9 Å². The number of carbonyl (C=O) groups excluding carboxylic acids is 2. The molecule has 0 aliphatic carbocycles. The molecule has 0 aliphatic heterocycles. The van der Waals surface area contributed by atoms with Crippen molar-refractivity contribution in [3.8, 4) is 0 Å². The van der Waals surface area contributed by atoms with Crippen LogP contribution in [0.5, 0.6) is 0 Å². The molecule has 0 fully saturated rings. The number of anilines is 2. The highest BCUT2D eigenvalue weighted by molar-refractivity contribution is 5.88. The summed E-state index contributed by atoms with van der Waals surface area (Å²) < 4.78 is 10.6. The van der Waals surface area contributed by atoms with Crippen LogP contribution in [0.1, 0.15) is 47.1 Å². The highest BCUT2D eigenvalue weighted by Gasteiger charge is 2.31. The Labute approximate surface area is 142 Å². The summed E-state index contributed by atoms with van der Waals surface area (Å²) >= 11 is 0. The Morgan fingerprint density at radius 2 is 1.42 bits per heavy atom. The quantitative estimate of drug-likeness (QED) is 0.799. The van der Waals surface area contributed by atoms with Gasteiger partial charge in [0.05, 0.1) is 6.54 Å². The van der Waals surface area contributed by atoms with Gasteiger partial charge in [-0.25, -0.2) is 14.5 Å². The number of rotatable bonds is 2. The van der Waals surface area contributed by atoms with E-state index in [4.69, 9.17) is 20.9 Å². The second kappa shape index (κ2) is 6.98. The second-order valence-corrected chi connectivity index (χ2v) is 7.51. The first kappa shape index (κ1) is 19.6. The first-order valence-electron chi connectivity index (χ1n) is 7.66. The predicted molar refractivity (Wildman–Crippen MR) is 93.3 cm³/mol. The van der Waals surface area contributed by atoms with E-state index in [-0.39, 0.29) is 6.54 Å². The van der Waals surface area contributed by atoms with Gasteiger partial charge in [-0.1, -0.05) is 0 Å². The van der Waals surface area contributed by atoms with E-state index < -0.39 is 23.4 Å². The third-order valence-corrected chi connectivity index (χ3v) is 2.72. The van der Waals surface area contributed by atoms with Gasteiger partial charge in [0.1, 0.15) is 11.2 Å². The summed E-state index contributed by atoms with van der Waals surface area (Å²) in [7, 11) is 0. The number of nitrogen functional groups attached to an aromatic ring is 2. The zero-order chi connectivity index (χ0) is 18.7. The standard InChI is InChI=1S/C17H27N3O4/c1-16(2,3)23-14(21)20(15(22)24-17(4,5)6)10-11-9-12(18)7-8-13(11)19/h7-9H,10,18-19H2,1-6H3. The Balaban J connectivity index is 3.10. The molecule has 1 aromatic carbocycles. The molecule has 7 nitrogen and oxygen atoms in total. The molecule has 2 amide bonds. The van der Waals surface area contributed by atoms with Crippen LogP contribution in [-0.2, 0) is 16.0 Å². The molecule has 0 aliphatic rings. The van der Waals surface area contributed by atoms with Gasteiger partial charge in [0.25, 0.3) is 0 Å². The highest BCUT2D eigenvalue weighted by atomic mass is 16.6. The largest absolute Gasteiger partial charge is 0.443 e. The van der Waals surface area contributed by atoms with Gasteiger partial charge in [-0.2, -0.15) is 0 Å². The lowest BCUT2D eigenvalue weighted by Crippen LogP contribution is -2.43. The van der Waals surface area contributed by atoms with Crippen molar-refractivity contribution in [2.45, 2.75) is 59.3 Å². The van der Waals surface area contributed by atoms with E-state index in [1.54, 1.807) is 59.7 Å². The normalized spacial score (nSPS) is 11.8. The molecule has 0 atom stereocenters. The summed E-state index contributed by atoms with van der Waals surface area (Å²) in [4.78, 5) is 25.7. The molecule has 0 unspecified atom stereocenters. The van der Waals surface area contributed by atoms with Crippen molar-refractivity contribution in [2.75, 3.05) is 11.5 Å². The fraction of sp³-hybridized carbons (Fsp3) is 0.529. The number of hydrogen-bond acceptors (Lipinski definition) is 6. The van der Waals surface area contributed by atoms with Gasteiger partial charge in [0.2, 0.25) is 0 Å². The van der Waals surface area contributed by atoms with Crippen LogP contribution < -0.4 is 11.5 Å². The lowest BCUT2D eigenvalue weighted by molar-refractivity contribution is -0.000195.